The van der Waals surface area contributed by atoms with Crippen LogP contribution in [0.2, 0.25) is 0 Å². The minimum Gasteiger partial charge on any atom is -0.407 e. The predicted molar refractivity (Wildman–Crippen MR) is 69.0 cm³/mol. The zero-order chi connectivity index (χ0) is 13.6. The molecule has 0 fully saturated rings. The lowest BCUT2D eigenvalue weighted by molar-refractivity contribution is 0.459. The lowest BCUT2D eigenvalue weighted by atomic mass is 10.2. The number of anilines is 1. The first-order chi connectivity index (χ1) is 8.37. The summed E-state index contributed by atoms with van der Waals surface area (Å²) in [4.78, 5) is 0. The fraction of sp³-hybridized carbons (Fsp3) is 0.800. The number of sulfone groups is 1. The third-order valence-electron chi connectivity index (χ3n) is 2.04. The quantitative estimate of drug-likeness (QED) is 0.703. The second-order valence-electron chi connectivity index (χ2n) is 4.58. The Morgan fingerprint density at radius 3 is 2.67 bits per heavy atom. The Kier molecular flexibility index (Phi) is 5.54. The van der Waals surface area contributed by atoms with Crippen molar-refractivity contribution in [3.63, 3.8) is 0 Å². The molecule has 0 spiro atoms. The third kappa shape index (κ3) is 6.55. The minimum absolute atomic E-state index is 0.0380. The van der Waals surface area contributed by atoms with Crippen LogP contribution in [0.3, 0.4) is 0 Å². The van der Waals surface area contributed by atoms with Gasteiger partial charge in [0.15, 0.2) is 0 Å². The van der Waals surface area contributed by atoms with Crippen LogP contribution in [-0.2, 0) is 16.4 Å². The topological polar surface area (TPSA) is 97.1 Å². The van der Waals surface area contributed by atoms with Crippen LogP contribution in [0.5, 0.6) is 0 Å². The maximum atomic E-state index is 10.9. The highest BCUT2D eigenvalue weighted by molar-refractivity contribution is 7.90. The van der Waals surface area contributed by atoms with Gasteiger partial charge in [-0.15, -0.1) is 5.10 Å². The summed E-state index contributed by atoms with van der Waals surface area (Å²) in [7, 11) is -2.98. The van der Waals surface area contributed by atoms with E-state index in [4.69, 9.17) is 4.42 Å². The number of hydrogen-bond donors (Lipinski definition) is 2. The highest BCUT2D eigenvalue weighted by Gasteiger charge is 2.07. The molecule has 1 heterocycles. The molecule has 7 nitrogen and oxygen atoms in total. The van der Waals surface area contributed by atoms with Crippen molar-refractivity contribution >= 4 is 15.9 Å². The maximum Gasteiger partial charge on any atom is 0.315 e. The SMILES string of the molecule is CC(C)CNCc1nnc(NCCS(C)(=O)=O)o1. The molecule has 18 heavy (non-hydrogen) atoms. The number of nitrogens with one attached hydrogen (secondary N) is 2. The summed E-state index contributed by atoms with van der Waals surface area (Å²) in [5, 5.41) is 13.6. The average molecular weight is 276 g/mol. The molecule has 0 aliphatic carbocycles. The number of nitrogens with zero attached hydrogens (tertiary/aromatic N) is 2. The van der Waals surface area contributed by atoms with Crippen LogP contribution in [0.1, 0.15) is 19.7 Å². The molecule has 0 saturated heterocycles. The van der Waals surface area contributed by atoms with Gasteiger partial charge in [-0.05, 0) is 12.5 Å². The van der Waals surface area contributed by atoms with Crippen LogP contribution in [-0.4, -0.2) is 43.7 Å². The van der Waals surface area contributed by atoms with Gasteiger partial charge < -0.3 is 15.1 Å². The van der Waals surface area contributed by atoms with Gasteiger partial charge in [0.2, 0.25) is 5.89 Å². The minimum atomic E-state index is -2.98. The zero-order valence-electron chi connectivity index (χ0n) is 10.9. The smallest absolute Gasteiger partial charge is 0.315 e. The molecule has 0 radical (unpaired) electrons. The van der Waals surface area contributed by atoms with Crippen molar-refractivity contribution in [2.45, 2.75) is 20.4 Å². The van der Waals surface area contributed by atoms with Crippen molar-refractivity contribution < 1.29 is 12.8 Å². The molecular weight excluding hydrogens is 256 g/mol. The maximum absolute atomic E-state index is 10.9. The molecule has 2 N–H and O–H groups in total. The van der Waals surface area contributed by atoms with Gasteiger partial charge in [0.05, 0.1) is 12.3 Å². The molecule has 0 bridgehead atoms. The zero-order valence-corrected chi connectivity index (χ0v) is 11.7. The van der Waals surface area contributed by atoms with Gasteiger partial charge >= 0.3 is 6.01 Å². The third-order valence-corrected chi connectivity index (χ3v) is 2.99. The molecule has 0 atom stereocenters. The van der Waals surface area contributed by atoms with Crippen molar-refractivity contribution in [2.24, 2.45) is 5.92 Å². The van der Waals surface area contributed by atoms with Gasteiger partial charge in [0.1, 0.15) is 9.84 Å². The number of aromatic nitrogens is 2. The fourth-order valence-electron chi connectivity index (χ4n) is 1.21. The van der Waals surface area contributed by atoms with E-state index in [9.17, 15) is 8.42 Å². The standard InChI is InChI=1S/C10H20N4O3S/c1-8(2)6-11-7-9-13-14-10(17-9)12-4-5-18(3,15)16/h8,11H,4-7H2,1-3H3,(H,12,14). The Morgan fingerprint density at radius 1 is 1.33 bits per heavy atom. The summed E-state index contributed by atoms with van der Waals surface area (Å²) in [5.74, 6) is 1.08. The largest absolute Gasteiger partial charge is 0.407 e. The molecule has 0 saturated carbocycles. The lowest BCUT2D eigenvalue weighted by Crippen LogP contribution is -2.19. The van der Waals surface area contributed by atoms with Crippen molar-refractivity contribution in [3.05, 3.63) is 5.89 Å². The van der Waals surface area contributed by atoms with Crippen molar-refractivity contribution in [2.75, 3.05) is 30.4 Å². The Morgan fingerprint density at radius 2 is 2.06 bits per heavy atom. The Balaban J connectivity index is 2.30. The lowest BCUT2D eigenvalue weighted by Gasteiger charge is -2.03. The summed E-state index contributed by atoms with van der Waals surface area (Å²) in [5.41, 5.74) is 0. The van der Waals surface area contributed by atoms with Crippen molar-refractivity contribution in [1.82, 2.24) is 15.5 Å². The van der Waals surface area contributed by atoms with Crippen LogP contribution in [0.4, 0.5) is 6.01 Å². The van der Waals surface area contributed by atoms with Crippen LogP contribution >= 0.6 is 0 Å². The Labute approximate surface area is 107 Å². The van der Waals surface area contributed by atoms with Crippen molar-refractivity contribution in [3.8, 4) is 0 Å². The number of hydrogen-bond acceptors (Lipinski definition) is 7. The monoisotopic (exact) mass is 276 g/mol. The normalized spacial score (nSPS) is 12.0. The fourth-order valence-corrected chi connectivity index (χ4v) is 1.68. The van der Waals surface area contributed by atoms with E-state index in [2.05, 4.69) is 34.7 Å². The van der Waals surface area contributed by atoms with Crippen LogP contribution in [0, 0.1) is 5.92 Å². The van der Waals surface area contributed by atoms with Gasteiger partial charge in [-0.2, -0.15) is 0 Å². The molecular formula is C10H20N4O3S. The van der Waals surface area contributed by atoms with Gasteiger partial charge in [-0.25, -0.2) is 8.42 Å². The van der Waals surface area contributed by atoms with Gasteiger partial charge in [-0.3, -0.25) is 0 Å². The van der Waals surface area contributed by atoms with E-state index in [1.165, 1.54) is 6.26 Å². The summed E-state index contributed by atoms with van der Waals surface area (Å²) in [6, 6.07) is 0.250. The van der Waals surface area contributed by atoms with Gasteiger partial charge in [-0.1, -0.05) is 18.9 Å². The molecule has 0 unspecified atom stereocenters. The molecule has 0 aromatic carbocycles. The van der Waals surface area contributed by atoms with Crippen LogP contribution in [0.25, 0.3) is 0 Å². The van der Waals surface area contributed by atoms with E-state index < -0.39 is 9.84 Å². The number of rotatable bonds is 8. The van der Waals surface area contributed by atoms with E-state index in [-0.39, 0.29) is 18.3 Å². The molecule has 1 rings (SSSR count). The second-order valence-corrected chi connectivity index (χ2v) is 6.84. The Hall–Kier alpha value is -1.15. The molecule has 1 aromatic rings. The molecule has 8 heteroatoms. The van der Waals surface area contributed by atoms with E-state index >= 15 is 0 Å². The van der Waals surface area contributed by atoms with E-state index in [1.807, 2.05) is 0 Å². The van der Waals surface area contributed by atoms with Gasteiger partial charge in [0, 0.05) is 12.8 Å². The highest BCUT2D eigenvalue weighted by Crippen LogP contribution is 2.04. The summed E-state index contributed by atoms with van der Waals surface area (Å²) < 4.78 is 27.1. The first kappa shape index (κ1) is 14.9. The summed E-state index contributed by atoms with van der Waals surface area (Å²) >= 11 is 0. The molecule has 0 aliphatic rings. The van der Waals surface area contributed by atoms with E-state index in [0.717, 1.165) is 6.54 Å². The summed E-state index contributed by atoms with van der Waals surface area (Å²) in [6.45, 7) is 5.87. The van der Waals surface area contributed by atoms with E-state index in [0.29, 0.717) is 18.4 Å². The van der Waals surface area contributed by atoms with Gasteiger partial charge in [0.25, 0.3) is 0 Å². The second kappa shape index (κ2) is 6.69. The van der Waals surface area contributed by atoms with E-state index in [1.54, 1.807) is 0 Å². The predicted octanol–water partition coefficient (Wildman–Crippen LogP) is 0.272. The average Bonchev–Trinajstić information content (AvgIpc) is 2.63. The van der Waals surface area contributed by atoms with Crippen LogP contribution in [0.15, 0.2) is 4.42 Å². The molecule has 104 valence electrons. The Bertz CT molecular complexity index is 455. The van der Waals surface area contributed by atoms with Crippen LogP contribution < -0.4 is 10.6 Å². The molecule has 0 aliphatic heterocycles. The summed E-state index contributed by atoms with van der Waals surface area (Å²) in [6.07, 6.45) is 1.18. The molecule has 0 amide bonds. The van der Waals surface area contributed by atoms with Crippen molar-refractivity contribution in [1.29, 1.82) is 0 Å². The first-order valence-corrected chi connectivity index (χ1v) is 7.87. The highest BCUT2D eigenvalue weighted by atomic mass is 32.2. The first-order valence-electron chi connectivity index (χ1n) is 5.81. The molecule has 1 aromatic heterocycles.